The van der Waals surface area contributed by atoms with Gasteiger partial charge in [-0.1, -0.05) is 0 Å². The Labute approximate surface area is 194 Å². The molecule has 0 amide bonds. The molecule has 0 saturated carbocycles. The van der Waals surface area contributed by atoms with E-state index < -0.39 is 21.9 Å². The van der Waals surface area contributed by atoms with Crippen molar-refractivity contribution in [1.82, 2.24) is 14.9 Å². The molecule has 1 aliphatic rings. The van der Waals surface area contributed by atoms with Gasteiger partial charge in [-0.3, -0.25) is 4.98 Å². The number of methoxy groups -OCH3 is 1. The van der Waals surface area contributed by atoms with E-state index in [0.717, 1.165) is 25.2 Å². The van der Waals surface area contributed by atoms with Gasteiger partial charge in [-0.2, -0.15) is 0 Å². The highest BCUT2D eigenvalue weighted by Gasteiger charge is 2.32. The fourth-order valence-electron chi connectivity index (χ4n) is 3.63. The number of alkyl halides is 3. The molecule has 1 fully saturated rings. The van der Waals surface area contributed by atoms with Gasteiger partial charge in [0.25, 0.3) is 0 Å². The minimum atomic E-state index is -4.89. The molecule has 0 radical (unpaired) electrons. The van der Waals surface area contributed by atoms with Crippen LogP contribution >= 0.6 is 0 Å². The van der Waals surface area contributed by atoms with E-state index in [0.29, 0.717) is 24.4 Å². The minimum absolute atomic E-state index is 0.00132. The average molecular weight is 497 g/mol. The van der Waals surface area contributed by atoms with E-state index in [1.54, 1.807) is 0 Å². The number of ether oxygens (including phenoxy) is 2. The number of aromatic nitrogens is 1. The number of rotatable bonds is 6. The summed E-state index contributed by atoms with van der Waals surface area (Å²) >= 11 is 0. The maximum atomic E-state index is 13.5. The molecule has 1 aromatic heterocycles. The second kappa shape index (κ2) is 9.28. The summed E-state index contributed by atoms with van der Waals surface area (Å²) in [5.74, 6) is 0.0162. The number of hydrogen-bond donors (Lipinski definition) is 1. The maximum Gasteiger partial charge on any atom is 0.573 e. The summed E-state index contributed by atoms with van der Waals surface area (Å²) in [6, 6.07) is 9.48. The van der Waals surface area contributed by atoms with Gasteiger partial charge in [0.2, 0.25) is 9.84 Å². The lowest BCUT2D eigenvalue weighted by Crippen LogP contribution is -2.47. The Kier molecular flexibility index (Phi) is 6.56. The molecule has 12 heteroatoms. The van der Waals surface area contributed by atoms with Gasteiger partial charge < -0.3 is 19.8 Å². The molecule has 2 aromatic carbocycles. The van der Waals surface area contributed by atoms with E-state index in [1.807, 2.05) is 12.1 Å². The number of nitrogens with zero attached hydrogens (tertiary/aromatic N) is 3. The molecule has 0 bridgehead atoms. The van der Waals surface area contributed by atoms with E-state index in [1.165, 1.54) is 43.6 Å². The summed E-state index contributed by atoms with van der Waals surface area (Å²) in [5, 5.41) is 2.02. The van der Waals surface area contributed by atoms with Crippen LogP contribution in [0.25, 0.3) is 10.9 Å². The summed E-state index contributed by atoms with van der Waals surface area (Å²) in [6.07, 6.45) is -3.68. The molecule has 1 N–H and O–H groups in total. The van der Waals surface area contributed by atoms with Gasteiger partial charge in [0.1, 0.15) is 16.4 Å². The molecule has 1 aliphatic heterocycles. The Morgan fingerprint density at radius 2 is 1.65 bits per heavy atom. The van der Waals surface area contributed by atoms with E-state index in [4.69, 9.17) is 4.74 Å². The third kappa shape index (κ3) is 5.18. The van der Waals surface area contributed by atoms with Crippen molar-refractivity contribution in [2.24, 2.45) is 0 Å². The molecule has 0 aliphatic carbocycles. The van der Waals surface area contributed by atoms with Gasteiger partial charge in [0.05, 0.1) is 23.2 Å². The molecule has 8 nitrogen and oxygen atoms in total. The van der Waals surface area contributed by atoms with Crippen molar-refractivity contribution in [3.05, 3.63) is 48.7 Å². The quantitative estimate of drug-likeness (QED) is 0.555. The van der Waals surface area contributed by atoms with Gasteiger partial charge in [0.15, 0.2) is 0 Å². The Balaban J connectivity index is 1.85. The normalized spacial score (nSPS) is 15.9. The zero-order chi connectivity index (χ0) is 24.5. The molecule has 0 spiro atoms. The van der Waals surface area contributed by atoms with Gasteiger partial charge in [-0.15, -0.1) is 13.2 Å². The summed E-state index contributed by atoms with van der Waals surface area (Å²) in [7, 11) is -0.637. The second-order valence-corrected chi connectivity index (χ2v) is 9.72. The first-order chi connectivity index (χ1) is 16.1. The van der Waals surface area contributed by atoms with Crippen LogP contribution in [0.4, 0.5) is 18.9 Å². The smallest absolute Gasteiger partial charge is 0.497 e. The van der Waals surface area contributed by atoms with Crippen molar-refractivity contribution in [2.75, 3.05) is 45.8 Å². The van der Waals surface area contributed by atoms with E-state index in [-0.39, 0.29) is 20.9 Å². The van der Waals surface area contributed by atoms with Crippen LogP contribution in [0.15, 0.2) is 58.5 Å². The van der Waals surface area contributed by atoms with Crippen molar-refractivity contribution < 1.29 is 31.1 Å². The average Bonchev–Trinajstić information content (AvgIpc) is 2.79. The highest BCUT2D eigenvalue weighted by atomic mass is 32.2. The number of sulfone groups is 1. The van der Waals surface area contributed by atoms with Gasteiger partial charge in [0, 0.05) is 37.8 Å². The van der Waals surface area contributed by atoms with Gasteiger partial charge in [-0.25, -0.2) is 13.4 Å². The first-order valence-electron chi connectivity index (χ1n) is 10.3. The lowest BCUT2D eigenvalue weighted by molar-refractivity contribution is -0.274. The van der Waals surface area contributed by atoms with E-state index in [2.05, 4.69) is 20.0 Å². The van der Waals surface area contributed by atoms with E-state index >= 15 is 0 Å². The zero-order valence-electron chi connectivity index (χ0n) is 18.5. The number of benzene rings is 2. The first-order valence-corrected chi connectivity index (χ1v) is 11.8. The molecule has 34 heavy (non-hydrogen) atoms. The van der Waals surface area contributed by atoms with Crippen LogP contribution in [0.2, 0.25) is 0 Å². The molecule has 1 saturated heterocycles. The Morgan fingerprint density at radius 1 is 1.00 bits per heavy atom. The van der Waals surface area contributed by atoms with Crippen LogP contribution in [0.3, 0.4) is 0 Å². The summed E-state index contributed by atoms with van der Waals surface area (Å²) in [6.45, 7) is 2.64. The van der Waals surface area contributed by atoms with Crippen LogP contribution < -0.4 is 14.9 Å². The summed E-state index contributed by atoms with van der Waals surface area (Å²) < 4.78 is 74.7. The molecule has 4 rings (SSSR count). The number of fused-ring (bicyclic) bond motifs is 1. The third-order valence-corrected chi connectivity index (χ3v) is 7.25. The van der Waals surface area contributed by atoms with Crippen LogP contribution in [-0.4, -0.2) is 70.0 Å². The second-order valence-electron chi connectivity index (χ2n) is 7.81. The van der Waals surface area contributed by atoms with Gasteiger partial charge >= 0.3 is 6.36 Å². The number of piperazine rings is 1. The number of pyridine rings is 1. The highest BCUT2D eigenvalue weighted by Crippen LogP contribution is 2.36. The molecular formula is C22H23F3N4O4S. The zero-order valence-corrected chi connectivity index (χ0v) is 19.3. The molecule has 0 unspecified atom stereocenters. The molecular weight excluding hydrogens is 473 g/mol. The number of anilines is 1. The van der Waals surface area contributed by atoms with Gasteiger partial charge in [-0.05, 0) is 49.5 Å². The first kappa shape index (κ1) is 24.0. The maximum absolute atomic E-state index is 13.5. The van der Waals surface area contributed by atoms with E-state index in [9.17, 15) is 21.6 Å². The number of hydrazine groups is 1. The summed E-state index contributed by atoms with van der Waals surface area (Å²) in [4.78, 5) is 6.16. The molecule has 3 aromatic rings. The number of nitrogens with one attached hydrogen (secondary N) is 1. The largest absolute Gasteiger partial charge is 0.573 e. The van der Waals surface area contributed by atoms with Crippen molar-refractivity contribution in [3.8, 4) is 11.5 Å². The van der Waals surface area contributed by atoms with Crippen LogP contribution in [0.5, 0.6) is 11.5 Å². The number of hydrogen-bond acceptors (Lipinski definition) is 8. The lowest BCUT2D eigenvalue weighted by Gasteiger charge is -2.33. The predicted molar refractivity (Wildman–Crippen MR) is 120 cm³/mol. The molecule has 0 atom stereocenters. The fraction of sp³-hybridized carbons (Fsp3) is 0.318. The SMILES string of the molecule is COc1ccc(S(=O)(=O)c2cnc3ccc(OC(F)(F)F)cc3c2NN2CCN(C)CC2)cc1. The Bertz CT molecular complexity index is 1280. The minimum Gasteiger partial charge on any atom is -0.497 e. The van der Waals surface area contributed by atoms with Crippen molar-refractivity contribution in [1.29, 1.82) is 0 Å². The Morgan fingerprint density at radius 3 is 2.26 bits per heavy atom. The highest BCUT2D eigenvalue weighted by molar-refractivity contribution is 7.91. The lowest BCUT2D eigenvalue weighted by atomic mass is 10.2. The third-order valence-electron chi connectivity index (χ3n) is 5.47. The molecule has 182 valence electrons. The Hall–Kier alpha value is -3.09. The predicted octanol–water partition coefficient (Wildman–Crippen LogP) is 3.55. The molecule has 2 heterocycles. The summed E-state index contributed by atoms with van der Waals surface area (Å²) in [5.41, 5.74) is 3.58. The fourth-order valence-corrected chi connectivity index (χ4v) is 4.99. The topological polar surface area (TPSA) is 84.0 Å². The van der Waals surface area contributed by atoms with Crippen LogP contribution in [0, 0.1) is 0 Å². The van der Waals surface area contributed by atoms with Crippen LogP contribution in [-0.2, 0) is 9.84 Å². The standard InChI is InChI=1S/C22H23F3N4O4S/c1-28-9-11-29(12-10-28)27-21-18-13-16(33-22(23,24)25)5-8-19(18)26-14-20(21)34(30,31)17-6-3-15(32-2)4-7-17/h3-8,13-14H,9-12H2,1-2H3,(H,26,27). The van der Waals surface area contributed by atoms with Crippen molar-refractivity contribution >= 4 is 26.4 Å². The van der Waals surface area contributed by atoms with Crippen LogP contribution in [0.1, 0.15) is 0 Å². The number of halogens is 3. The number of likely N-dealkylation sites (N-methyl/N-ethyl adjacent to an activating group) is 1. The van der Waals surface area contributed by atoms with Crippen molar-refractivity contribution in [2.45, 2.75) is 16.2 Å². The van der Waals surface area contributed by atoms with Crippen molar-refractivity contribution in [3.63, 3.8) is 0 Å². The monoisotopic (exact) mass is 496 g/mol.